The van der Waals surface area contributed by atoms with Crippen molar-refractivity contribution in [1.82, 2.24) is 10.2 Å². The molecule has 1 aliphatic heterocycles. The van der Waals surface area contributed by atoms with Gasteiger partial charge in [-0.15, -0.1) is 0 Å². The van der Waals surface area contributed by atoms with Crippen LogP contribution in [-0.2, 0) is 0 Å². The number of nitrogens with zero attached hydrogens (tertiary/aromatic N) is 1. The molecule has 0 aromatic carbocycles. The van der Waals surface area contributed by atoms with Gasteiger partial charge in [-0.3, -0.25) is 4.90 Å². The molecule has 1 N–H and O–H groups in total. The van der Waals surface area contributed by atoms with Crippen LogP contribution in [0.2, 0.25) is 0 Å². The summed E-state index contributed by atoms with van der Waals surface area (Å²) in [6.07, 6.45) is 6.68. The Labute approximate surface area is 108 Å². The van der Waals surface area contributed by atoms with Crippen molar-refractivity contribution in [3.8, 4) is 0 Å². The molecule has 3 atom stereocenters. The molecule has 0 spiro atoms. The van der Waals surface area contributed by atoms with Crippen LogP contribution in [-0.4, -0.2) is 35.6 Å². The van der Waals surface area contributed by atoms with Gasteiger partial charge >= 0.3 is 0 Å². The van der Waals surface area contributed by atoms with Gasteiger partial charge in [0, 0.05) is 30.7 Å². The molecule has 1 rings (SSSR count). The molecule has 2 heteroatoms. The largest absolute Gasteiger partial charge is 0.309 e. The highest BCUT2D eigenvalue weighted by Crippen LogP contribution is 2.22. The minimum Gasteiger partial charge on any atom is -0.309 e. The Morgan fingerprint density at radius 2 is 2.06 bits per heavy atom. The van der Waals surface area contributed by atoms with E-state index in [1.807, 2.05) is 0 Å². The Kier molecular flexibility index (Phi) is 5.94. The molecular weight excluding hydrogens is 208 g/mol. The van der Waals surface area contributed by atoms with Crippen LogP contribution in [0.5, 0.6) is 0 Å². The van der Waals surface area contributed by atoms with Crippen molar-refractivity contribution in [2.45, 2.75) is 84.3 Å². The van der Waals surface area contributed by atoms with E-state index in [0.29, 0.717) is 11.6 Å². The average Bonchev–Trinajstić information content (AvgIpc) is 2.33. The van der Waals surface area contributed by atoms with Crippen molar-refractivity contribution in [1.29, 1.82) is 0 Å². The minimum atomic E-state index is 0.325. The molecule has 102 valence electrons. The summed E-state index contributed by atoms with van der Waals surface area (Å²) in [5.41, 5.74) is 0.325. The van der Waals surface area contributed by atoms with Crippen LogP contribution < -0.4 is 5.32 Å². The van der Waals surface area contributed by atoms with Gasteiger partial charge in [0.2, 0.25) is 0 Å². The van der Waals surface area contributed by atoms with Crippen LogP contribution in [0.3, 0.4) is 0 Å². The molecule has 1 saturated heterocycles. The third kappa shape index (κ3) is 4.26. The van der Waals surface area contributed by atoms with Crippen LogP contribution in [0, 0.1) is 0 Å². The zero-order valence-electron chi connectivity index (χ0n) is 12.6. The lowest BCUT2D eigenvalue weighted by molar-refractivity contribution is 0.0559. The summed E-state index contributed by atoms with van der Waals surface area (Å²) < 4.78 is 0. The van der Waals surface area contributed by atoms with Gasteiger partial charge in [-0.05, 0) is 33.6 Å². The van der Waals surface area contributed by atoms with Crippen LogP contribution in [0.4, 0.5) is 0 Å². The van der Waals surface area contributed by atoms with Gasteiger partial charge in [-0.2, -0.15) is 0 Å². The fourth-order valence-corrected chi connectivity index (χ4v) is 2.81. The summed E-state index contributed by atoms with van der Waals surface area (Å²) in [6.45, 7) is 14.1. The van der Waals surface area contributed by atoms with E-state index in [2.05, 4.69) is 44.8 Å². The van der Waals surface area contributed by atoms with Crippen LogP contribution >= 0.6 is 0 Å². The van der Waals surface area contributed by atoms with E-state index in [0.717, 1.165) is 12.6 Å². The van der Waals surface area contributed by atoms with Crippen LogP contribution in [0.15, 0.2) is 0 Å². The number of hydrogen-bond acceptors (Lipinski definition) is 2. The molecule has 0 bridgehead atoms. The summed E-state index contributed by atoms with van der Waals surface area (Å²) in [4.78, 5) is 2.72. The van der Waals surface area contributed by atoms with Crippen molar-refractivity contribution in [2.24, 2.45) is 0 Å². The normalized spacial score (nSPS) is 32.6. The first kappa shape index (κ1) is 15.0. The van der Waals surface area contributed by atoms with E-state index in [1.165, 1.54) is 38.6 Å². The van der Waals surface area contributed by atoms with Crippen molar-refractivity contribution >= 4 is 0 Å². The maximum atomic E-state index is 3.71. The van der Waals surface area contributed by atoms with Crippen LogP contribution in [0.1, 0.15) is 66.7 Å². The molecule has 2 nitrogen and oxygen atoms in total. The Balaban J connectivity index is 2.48. The molecule has 0 saturated carbocycles. The lowest BCUT2D eigenvalue weighted by atomic mass is 9.92. The van der Waals surface area contributed by atoms with Crippen molar-refractivity contribution < 1.29 is 0 Å². The standard InChI is InChI=1S/C15H32N2/c1-6-8-9-10-13(3)17-12-15(5,7-2)16-11-14(17)4/h13-14,16H,6-12H2,1-5H3. The summed E-state index contributed by atoms with van der Waals surface area (Å²) in [5.74, 6) is 0. The lowest BCUT2D eigenvalue weighted by Gasteiger charge is -2.47. The van der Waals surface area contributed by atoms with E-state index in [1.54, 1.807) is 0 Å². The predicted molar refractivity (Wildman–Crippen MR) is 76.5 cm³/mol. The molecule has 1 fully saturated rings. The van der Waals surface area contributed by atoms with Crippen molar-refractivity contribution in [3.05, 3.63) is 0 Å². The summed E-state index contributed by atoms with van der Waals surface area (Å²) in [7, 11) is 0. The lowest BCUT2D eigenvalue weighted by Crippen LogP contribution is -2.63. The van der Waals surface area contributed by atoms with E-state index >= 15 is 0 Å². The molecular formula is C15H32N2. The first-order chi connectivity index (χ1) is 8.02. The van der Waals surface area contributed by atoms with Crippen molar-refractivity contribution in [2.75, 3.05) is 13.1 Å². The molecule has 3 unspecified atom stereocenters. The second-order valence-electron chi connectivity index (χ2n) is 6.16. The first-order valence-corrected chi connectivity index (χ1v) is 7.53. The van der Waals surface area contributed by atoms with Gasteiger partial charge in [0.05, 0.1) is 0 Å². The van der Waals surface area contributed by atoms with E-state index < -0.39 is 0 Å². The fraction of sp³-hybridized carbons (Fsp3) is 1.00. The number of unbranched alkanes of at least 4 members (excludes halogenated alkanes) is 2. The maximum absolute atomic E-state index is 3.71. The van der Waals surface area contributed by atoms with Gasteiger partial charge in [0.15, 0.2) is 0 Å². The van der Waals surface area contributed by atoms with Crippen LogP contribution in [0.25, 0.3) is 0 Å². The molecule has 0 aromatic heterocycles. The Bertz CT molecular complexity index is 217. The topological polar surface area (TPSA) is 15.3 Å². The zero-order valence-corrected chi connectivity index (χ0v) is 12.6. The highest BCUT2D eigenvalue weighted by molar-refractivity contribution is 4.94. The van der Waals surface area contributed by atoms with Gasteiger partial charge < -0.3 is 5.32 Å². The van der Waals surface area contributed by atoms with Gasteiger partial charge in [-0.25, -0.2) is 0 Å². The minimum absolute atomic E-state index is 0.325. The maximum Gasteiger partial charge on any atom is 0.0278 e. The zero-order chi connectivity index (χ0) is 12.9. The smallest absolute Gasteiger partial charge is 0.0278 e. The van der Waals surface area contributed by atoms with Crippen molar-refractivity contribution in [3.63, 3.8) is 0 Å². The van der Waals surface area contributed by atoms with Gasteiger partial charge in [-0.1, -0.05) is 33.1 Å². The predicted octanol–water partition coefficient (Wildman–Crippen LogP) is 3.42. The number of piperazine rings is 1. The molecule has 0 aromatic rings. The highest BCUT2D eigenvalue weighted by Gasteiger charge is 2.34. The van der Waals surface area contributed by atoms with E-state index in [-0.39, 0.29) is 0 Å². The van der Waals surface area contributed by atoms with E-state index in [9.17, 15) is 0 Å². The number of hydrogen-bond donors (Lipinski definition) is 1. The van der Waals surface area contributed by atoms with Gasteiger partial charge in [0.1, 0.15) is 0 Å². The summed E-state index contributed by atoms with van der Waals surface area (Å²) in [6, 6.07) is 1.43. The Morgan fingerprint density at radius 3 is 2.65 bits per heavy atom. The number of rotatable bonds is 6. The second kappa shape index (κ2) is 6.75. The Morgan fingerprint density at radius 1 is 1.35 bits per heavy atom. The van der Waals surface area contributed by atoms with E-state index in [4.69, 9.17) is 0 Å². The SMILES string of the molecule is CCCCCC(C)N1CC(C)(CC)NCC1C. The third-order valence-corrected chi connectivity index (χ3v) is 4.49. The molecule has 17 heavy (non-hydrogen) atoms. The Hall–Kier alpha value is -0.0800. The average molecular weight is 240 g/mol. The molecule has 0 aliphatic carbocycles. The van der Waals surface area contributed by atoms with Gasteiger partial charge in [0.25, 0.3) is 0 Å². The summed E-state index contributed by atoms with van der Waals surface area (Å²) >= 11 is 0. The first-order valence-electron chi connectivity index (χ1n) is 7.53. The highest BCUT2D eigenvalue weighted by atomic mass is 15.3. The fourth-order valence-electron chi connectivity index (χ4n) is 2.81. The molecule has 0 amide bonds. The third-order valence-electron chi connectivity index (χ3n) is 4.49. The second-order valence-corrected chi connectivity index (χ2v) is 6.16. The molecule has 1 aliphatic rings. The summed E-state index contributed by atoms with van der Waals surface area (Å²) in [5, 5.41) is 3.71. The monoisotopic (exact) mass is 240 g/mol. The molecule has 1 heterocycles. The quantitative estimate of drug-likeness (QED) is 0.716. The molecule has 0 radical (unpaired) electrons. The number of nitrogens with one attached hydrogen (secondary N) is 1.